The molecule has 4 aliphatic rings. The van der Waals surface area contributed by atoms with E-state index in [1.165, 1.54) is 19.5 Å². The molecule has 0 saturated carbocycles. The molecule has 1 aromatic heterocycles. The van der Waals surface area contributed by atoms with E-state index in [0.29, 0.717) is 12.0 Å². The lowest BCUT2D eigenvalue weighted by atomic mass is 9.80. The zero-order chi connectivity index (χ0) is 14.8. The Balaban J connectivity index is 1.54. The van der Waals surface area contributed by atoms with Crippen molar-refractivity contribution in [3.63, 3.8) is 0 Å². The molecule has 4 atom stereocenters. The maximum absolute atomic E-state index is 13.2. The van der Waals surface area contributed by atoms with Crippen molar-refractivity contribution < 1.29 is 4.79 Å². The maximum Gasteiger partial charge on any atom is 0.256 e. The van der Waals surface area contributed by atoms with Crippen LogP contribution in [-0.4, -0.2) is 52.5 Å². The van der Waals surface area contributed by atoms with Gasteiger partial charge in [-0.2, -0.15) is 0 Å². The molecular weight excluding hydrogens is 274 g/mol. The number of aryl methyl sites for hydroxylation is 1. The average Bonchev–Trinajstić information content (AvgIpc) is 3.03. The number of nitrogens with zero attached hydrogens (tertiary/aromatic N) is 3. The van der Waals surface area contributed by atoms with Crippen LogP contribution >= 0.6 is 0 Å². The van der Waals surface area contributed by atoms with Crippen LogP contribution in [0.25, 0.3) is 10.9 Å². The Morgan fingerprint density at radius 2 is 2.05 bits per heavy atom. The van der Waals surface area contributed by atoms with Gasteiger partial charge in [0.25, 0.3) is 5.91 Å². The number of carbonyl (C=O) groups is 1. The van der Waals surface area contributed by atoms with Crippen LogP contribution in [0.5, 0.6) is 0 Å². The number of rotatable bonds is 1. The minimum Gasteiger partial charge on any atom is -0.350 e. The lowest BCUT2D eigenvalue weighted by Gasteiger charge is -2.44. The summed E-state index contributed by atoms with van der Waals surface area (Å²) in [6.07, 6.45) is 3.28. The van der Waals surface area contributed by atoms with E-state index < -0.39 is 0 Å². The Morgan fingerprint density at radius 3 is 2.86 bits per heavy atom. The minimum atomic E-state index is 0.234. The van der Waals surface area contributed by atoms with Crippen molar-refractivity contribution in [3.8, 4) is 0 Å². The highest BCUT2D eigenvalue weighted by Gasteiger charge is 2.51. The Morgan fingerprint density at radius 1 is 1.18 bits per heavy atom. The van der Waals surface area contributed by atoms with Crippen molar-refractivity contribution in [1.29, 1.82) is 0 Å². The second kappa shape index (κ2) is 4.35. The topological polar surface area (TPSA) is 28.5 Å². The normalized spacial score (nSPS) is 32.9. The first-order valence-electron chi connectivity index (χ1n) is 8.30. The van der Waals surface area contributed by atoms with Crippen LogP contribution in [0.2, 0.25) is 0 Å². The number of benzene rings is 1. The highest BCUT2D eigenvalue weighted by atomic mass is 16.2. The fraction of sp³-hybridized carbons (Fsp3) is 0.500. The molecule has 4 saturated heterocycles. The Hall–Kier alpha value is -1.81. The summed E-state index contributed by atoms with van der Waals surface area (Å²) >= 11 is 0. The van der Waals surface area contributed by atoms with Gasteiger partial charge in [-0.15, -0.1) is 0 Å². The van der Waals surface area contributed by atoms with Crippen molar-refractivity contribution in [1.82, 2.24) is 14.4 Å². The summed E-state index contributed by atoms with van der Waals surface area (Å²) < 4.78 is 2.07. The number of hydrogen-bond donors (Lipinski definition) is 0. The van der Waals surface area contributed by atoms with E-state index in [9.17, 15) is 4.79 Å². The number of aromatic nitrogens is 1. The summed E-state index contributed by atoms with van der Waals surface area (Å²) in [4.78, 5) is 17.9. The highest BCUT2D eigenvalue weighted by molar-refractivity contribution is 6.07. The number of piperidine rings is 3. The molecule has 22 heavy (non-hydrogen) atoms. The number of para-hydroxylation sites is 1. The smallest absolute Gasteiger partial charge is 0.256 e. The second-order valence-electron chi connectivity index (χ2n) is 7.17. The second-order valence-corrected chi connectivity index (χ2v) is 7.17. The van der Waals surface area contributed by atoms with E-state index in [-0.39, 0.29) is 5.91 Å². The van der Waals surface area contributed by atoms with Gasteiger partial charge in [0.05, 0.1) is 5.56 Å². The molecule has 0 spiro atoms. The van der Waals surface area contributed by atoms with Crippen LogP contribution in [0.4, 0.5) is 0 Å². The monoisotopic (exact) mass is 295 g/mol. The van der Waals surface area contributed by atoms with Crippen LogP contribution in [0, 0.1) is 11.8 Å². The number of carbonyl (C=O) groups excluding carboxylic acids is 1. The van der Waals surface area contributed by atoms with Gasteiger partial charge in [0.15, 0.2) is 0 Å². The first kappa shape index (κ1) is 12.7. The predicted octanol–water partition coefficient (Wildman–Crippen LogP) is 1.95. The number of amides is 1. The molecule has 1 unspecified atom stereocenters. The molecule has 5 heterocycles. The van der Waals surface area contributed by atoms with Gasteiger partial charge in [-0.25, -0.2) is 0 Å². The molecule has 1 amide bonds. The zero-order valence-electron chi connectivity index (χ0n) is 12.9. The highest BCUT2D eigenvalue weighted by Crippen LogP contribution is 2.42. The van der Waals surface area contributed by atoms with Gasteiger partial charge in [0.1, 0.15) is 0 Å². The number of likely N-dealkylation sites (tertiary alicyclic amines) is 1. The third-order valence-electron chi connectivity index (χ3n) is 6.04. The van der Waals surface area contributed by atoms with E-state index >= 15 is 0 Å². The summed E-state index contributed by atoms with van der Waals surface area (Å²) in [6.45, 7) is 4.46. The van der Waals surface area contributed by atoms with Gasteiger partial charge in [0.2, 0.25) is 0 Å². The molecule has 4 bridgehead atoms. The summed E-state index contributed by atoms with van der Waals surface area (Å²) in [5, 5.41) is 1.09. The van der Waals surface area contributed by atoms with E-state index in [1.807, 2.05) is 25.4 Å². The molecule has 4 aliphatic heterocycles. The number of hydrogen-bond acceptors (Lipinski definition) is 2. The molecule has 4 nitrogen and oxygen atoms in total. The van der Waals surface area contributed by atoms with Gasteiger partial charge in [-0.3, -0.25) is 4.79 Å². The molecule has 6 rings (SSSR count). The van der Waals surface area contributed by atoms with Crippen LogP contribution in [0.15, 0.2) is 30.5 Å². The average molecular weight is 295 g/mol. The van der Waals surface area contributed by atoms with Crippen LogP contribution in [0.3, 0.4) is 0 Å². The van der Waals surface area contributed by atoms with E-state index in [1.54, 1.807) is 0 Å². The Labute approximate surface area is 130 Å². The molecule has 114 valence electrons. The van der Waals surface area contributed by atoms with E-state index in [0.717, 1.165) is 35.5 Å². The molecular formula is C18H21N3O. The molecule has 4 fully saturated rings. The summed E-state index contributed by atoms with van der Waals surface area (Å²) in [7, 11) is 2.02. The molecule has 1 aromatic carbocycles. The van der Waals surface area contributed by atoms with Crippen LogP contribution in [-0.2, 0) is 7.05 Å². The molecule has 0 radical (unpaired) electrons. The molecule has 2 aromatic rings. The largest absolute Gasteiger partial charge is 0.350 e. The van der Waals surface area contributed by atoms with E-state index in [2.05, 4.69) is 26.5 Å². The van der Waals surface area contributed by atoms with Crippen molar-refractivity contribution in [2.45, 2.75) is 12.5 Å². The quantitative estimate of drug-likeness (QED) is 0.804. The van der Waals surface area contributed by atoms with Crippen molar-refractivity contribution in [2.75, 3.05) is 26.2 Å². The van der Waals surface area contributed by atoms with Gasteiger partial charge < -0.3 is 14.4 Å². The molecule has 0 aliphatic carbocycles. The van der Waals surface area contributed by atoms with Gasteiger partial charge in [-0.05, 0) is 30.9 Å². The zero-order valence-corrected chi connectivity index (χ0v) is 12.9. The maximum atomic E-state index is 13.2. The van der Waals surface area contributed by atoms with E-state index in [4.69, 9.17) is 0 Å². The molecule has 0 N–H and O–H groups in total. The lowest BCUT2D eigenvalue weighted by molar-refractivity contribution is 0.0423. The van der Waals surface area contributed by atoms with Gasteiger partial charge >= 0.3 is 0 Å². The third-order valence-corrected chi connectivity index (χ3v) is 6.04. The van der Waals surface area contributed by atoms with Crippen LogP contribution < -0.4 is 0 Å². The van der Waals surface area contributed by atoms with Crippen LogP contribution in [0.1, 0.15) is 16.8 Å². The summed E-state index contributed by atoms with van der Waals surface area (Å²) in [6, 6.07) is 8.66. The predicted molar refractivity (Wildman–Crippen MR) is 85.8 cm³/mol. The third kappa shape index (κ3) is 1.59. The first-order chi connectivity index (χ1) is 10.7. The first-order valence-corrected chi connectivity index (χ1v) is 8.30. The SMILES string of the molecule is Cn1cc(C(=O)N2C[C@@H]3C[N@@]4CCC3[C@@H]2C4)c2ccccc21. The van der Waals surface area contributed by atoms with Crippen molar-refractivity contribution in [2.24, 2.45) is 18.9 Å². The fourth-order valence-electron chi connectivity index (χ4n) is 5.01. The van der Waals surface area contributed by atoms with Crippen molar-refractivity contribution in [3.05, 3.63) is 36.0 Å². The summed E-state index contributed by atoms with van der Waals surface area (Å²) in [5.74, 6) is 1.67. The lowest BCUT2D eigenvalue weighted by Crippen LogP contribution is -2.54. The Kier molecular flexibility index (Phi) is 2.51. The fourth-order valence-corrected chi connectivity index (χ4v) is 5.01. The Bertz CT molecular complexity index is 765. The van der Waals surface area contributed by atoms with Gasteiger partial charge in [-0.1, -0.05) is 18.2 Å². The number of fused-ring (bicyclic) bond motifs is 2. The van der Waals surface area contributed by atoms with Crippen molar-refractivity contribution >= 4 is 16.8 Å². The minimum absolute atomic E-state index is 0.234. The molecule has 4 heteroatoms. The van der Waals surface area contributed by atoms with Gasteiger partial charge in [0, 0.05) is 49.8 Å². The summed E-state index contributed by atoms with van der Waals surface area (Å²) in [5.41, 5.74) is 2.01. The standard InChI is InChI=1S/C18H21N3O/c1-19-10-15(14-4-2-3-5-16(14)19)18(22)21-9-12-8-20-7-6-13(12)17(21)11-20/h2-5,10,12-13,17H,6-9,11H2,1H3/t12-,13?,17-/m0/s1.